The molecule has 0 aliphatic rings. The van der Waals surface area contributed by atoms with Crippen molar-refractivity contribution in [2.75, 3.05) is 0 Å². The fourth-order valence-corrected chi connectivity index (χ4v) is 5.32. The van der Waals surface area contributed by atoms with Crippen molar-refractivity contribution < 1.29 is 0 Å². The zero-order valence-electron chi connectivity index (χ0n) is 24.6. The monoisotopic (exact) mass is 534 g/mol. The lowest BCUT2D eigenvalue weighted by Gasteiger charge is -2.06. The highest BCUT2D eigenvalue weighted by atomic mass is 14.8. The largest absolute Gasteiger partial charge is 0.255 e. The lowest BCUT2D eigenvalue weighted by atomic mass is 10.0. The number of unbranched alkanes of at least 4 members (excludes halogenated alkanes) is 11. The van der Waals surface area contributed by atoms with Crippen LogP contribution in [0.4, 0.5) is 0 Å². The summed E-state index contributed by atoms with van der Waals surface area (Å²) < 4.78 is 0. The van der Waals surface area contributed by atoms with Crippen LogP contribution in [-0.2, 0) is 12.8 Å². The molecule has 0 aliphatic heterocycles. The Morgan fingerprint density at radius 2 is 0.675 bits per heavy atom. The minimum Gasteiger partial charge on any atom is -0.255 e. The van der Waals surface area contributed by atoms with Crippen molar-refractivity contribution in [1.29, 1.82) is 0 Å². The Balaban J connectivity index is 0.978. The van der Waals surface area contributed by atoms with Crippen molar-refractivity contribution in [2.45, 2.75) is 104 Å². The van der Waals surface area contributed by atoms with E-state index in [1.54, 1.807) is 0 Å². The van der Waals surface area contributed by atoms with E-state index in [9.17, 15) is 0 Å². The maximum absolute atomic E-state index is 4.53. The van der Waals surface area contributed by atoms with E-state index in [-0.39, 0.29) is 0 Å². The number of rotatable bonds is 17. The average molecular weight is 535 g/mol. The molecule has 0 unspecified atom stereocenters. The Morgan fingerprint density at radius 1 is 0.375 bits per heavy atom. The molecule has 0 saturated heterocycles. The van der Waals surface area contributed by atoms with Gasteiger partial charge in [0.05, 0.1) is 22.8 Å². The zero-order chi connectivity index (χ0) is 27.8. The summed E-state index contributed by atoms with van der Waals surface area (Å²) in [4.78, 5) is 18.0. The summed E-state index contributed by atoms with van der Waals surface area (Å²) in [6, 6.07) is 17.0. The standard InChI is InChI=1S/C36H46N4/c1-29-17-21-37-33(25-29)35-27-31(19-23-39-35)15-13-11-9-7-5-3-4-6-8-10-12-14-16-32-20-24-40-36(28-32)34-26-30(2)18-22-38-34/h17-28H,3-16H2,1-2H3. The van der Waals surface area contributed by atoms with Crippen LogP contribution >= 0.6 is 0 Å². The Morgan fingerprint density at radius 3 is 1.02 bits per heavy atom. The highest BCUT2D eigenvalue weighted by Gasteiger charge is 2.04. The zero-order valence-corrected chi connectivity index (χ0v) is 24.6. The van der Waals surface area contributed by atoms with E-state index in [4.69, 9.17) is 0 Å². The first-order chi connectivity index (χ1) is 19.7. The Hall–Kier alpha value is -3.40. The second-order valence-electron chi connectivity index (χ2n) is 11.3. The first-order valence-electron chi connectivity index (χ1n) is 15.4. The van der Waals surface area contributed by atoms with Gasteiger partial charge in [-0.2, -0.15) is 0 Å². The molecule has 4 heteroatoms. The van der Waals surface area contributed by atoms with E-state index >= 15 is 0 Å². The summed E-state index contributed by atoms with van der Waals surface area (Å²) in [7, 11) is 0. The van der Waals surface area contributed by atoms with Gasteiger partial charge in [-0.25, -0.2) is 0 Å². The lowest BCUT2D eigenvalue weighted by molar-refractivity contribution is 0.540. The smallest absolute Gasteiger partial charge is 0.0888 e. The predicted octanol–water partition coefficient (Wildman–Crippen LogP) is 9.68. The molecule has 0 N–H and O–H groups in total. The first kappa shape index (κ1) is 29.6. The molecule has 0 fully saturated rings. The molecule has 0 radical (unpaired) electrons. The minimum absolute atomic E-state index is 0.970. The van der Waals surface area contributed by atoms with Gasteiger partial charge in [0, 0.05) is 24.8 Å². The van der Waals surface area contributed by atoms with Gasteiger partial charge in [-0.05, 0) is 110 Å². The molecule has 0 saturated carbocycles. The van der Waals surface area contributed by atoms with Crippen molar-refractivity contribution >= 4 is 0 Å². The highest BCUT2D eigenvalue weighted by Crippen LogP contribution is 2.20. The second-order valence-corrected chi connectivity index (χ2v) is 11.3. The van der Waals surface area contributed by atoms with Gasteiger partial charge in [-0.1, -0.05) is 64.2 Å². The van der Waals surface area contributed by atoms with Crippen molar-refractivity contribution in [3.05, 3.63) is 95.6 Å². The molecule has 0 amide bonds. The summed E-state index contributed by atoms with van der Waals surface area (Å²) >= 11 is 0. The molecule has 0 spiro atoms. The molecule has 4 nitrogen and oxygen atoms in total. The van der Waals surface area contributed by atoms with Crippen LogP contribution in [0.5, 0.6) is 0 Å². The van der Waals surface area contributed by atoms with Crippen LogP contribution in [-0.4, -0.2) is 19.9 Å². The summed E-state index contributed by atoms with van der Waals surface area (Å²) in [5.74, 6) is 0. The number of pyridine rings is 4. The fraction of sp³-hybridized carbons (Fsp3) is 0.444. The summed E-state index contributed by atoms with van der Waals surface area (Å²) in [6.07, 6.45) is 26.0. The van der Waals surface area contributed by atoms with Crippen molar-refractivity contribution in [1.82, 2.24) is 19.9 Å². The molecule has 0 aromatic carbocycles. The summed E-state index contributed by atoms with van der Waals surface area (Å²) in [5.41, 5.74) is 9.10. The molecule has 0 atom stereocenters. The molecule has 210 valence electrons. The quantitative estimate of drug-likeness (QED) is 0.127. The van der Waals surface area contributed by atoms with Gasteiger partial charge in [-0.15, -0.1) is 0 Å². The predicted molar refractivity (Wildman–Crippen MR) is 167 cm³/mol. The topological polar surface area (TPSA) is 51.6 Å². The van der Waals surface area contributed by atoms with E-state index in [1.807, 2.05) is 36.9 Å². The Labute approximate surface area is 241 Å². The van der Waals surface area contributed by atoms with Crippen molar-refractivity contribution in [3.8, 4) is 22.8 Å². The van der Waals surface area contributed by atoms with Gasteiger partial charge in [0.2, 0.25) is 0 Å². The third kappa shape index (κ3) is 10.3. The third-order valence-electron chi connectivity index (χ3n) is 7.69. The summed E-state index contributed by atoms with van der Waals surface area (Å²) in [6.45, 7) is 4.20. The number of hydrogen-bond donors (Lipinski definition) is 0. The fourth-order valence-electron chi connectivity index (χ4n) is 5.32. The molecular formula is C36H46N4. The van der Waals surface area contributed by atoms with Gasteiger partial charge in [0.1, 0.15) is 0 Å². The van der Waals surface area contributed by atoms with Crippen LogP contribution in [0.2, 0.25) is 0 Å². The second kappa shape index (κ2) is 16.6. The van der Waals surface area contributed by atoms with E-state index in [1.165, 1.54) is 99.3 Å². The Bertz CT molecular complexity index is 1200. The number of aromatic nitrogens is 4. The molecule has 0 aliphatic carbocycles. The van der Waals surface area contributed by atoms with Gasteiger partial charge in [-0.3, -0.25) is 19.9 Å². The normalized spacial score (nSPS) is 11.2. The number of aryl methyl sites for hydroxylation is 4. The van der Waals surface area contributed by atoms with Crippen LogP contribution < -0.4 is 0 Å². The van der Waals surface area contributed by atoms with Crippen molar-refractivity contribution in [3.63, 3.8) is 0 Å². The van der Waals surface area contributed by atoms with Gasteiger partial charge in [0.15, 0.2) is 0 Å². The van der Waals surface area contributed by atoms with Gasteiger partial charge < -0.3 is 0 Å². The molecule has 4 heterocycles. The molecule has 4 aromatic rings. The van der Waals surface area contributed by atoms with Crippen LogP contribution in [0.15, 0.2) is 73.3 Å². The van der Waals surface area contributed by atoms with Gasteiger partial charge in [0.25, 0.3) is 0 Å². The van der Waals surface area contributed by atoms with E-state index < -0.39 is 0 Å². The minimum atomic E-state index is 0.970. The van der Waals surface area contributed by atoms with Crippen molar-refractivity contribution in [2.24, 2.45) is 0 Å². The Kier molecular flexibility index (Phi) is 12.3. The number of hydrogen-bond acceptors (Lipinski definition) is 4. The van der Waals surface area contributed by atoms with E-state index in [0.717, 1.165) is 35.6 Å². The molecule has 4 rings (SSSR count). The maximum atomic E-state index is 4.53. The van der Waals surface area contributed by atoms with Crippen LogP contribution in [0.1, 0.15) is 99.3 Å². The molecular weight excluding hydrogens is 488 g/mol. The molecule has 0 bridgehead atoms. The van der Waals surface area contributed by atoms with Crippen LogP contribution in [0.25, 0.3) is 22.8 Å². The summed E-state index contributed by atoms with van der Waals surface area (Å²) in [5, 5.41) is 0. The highest BCUT2D eigenvalue weighted by molar-refractivity contribution is 5.56. The van der Waals surface area contributed by atoms with Gasteiger partial charge >= 0.3 is 0 Å². The molecule has 40 heavy (non-hydrogen) atoms. The van der Waals surface area contributed by atoms with Crippen LogP contribution in [0.3, 0.4) is 0 Å². The SMILES string of the molecule is Cc1ccnc(-c2cc(CCCCCCCCCCCCCCc3ccnc(-c4cc(C)ccn4)c3)ccn2)c1. The van der Waals surface area contributed by atoms with E-state index in [2.05, 4.69) is 70.2 Å². The third-order valence-corrected chi connectivity index (χ3v) is 7.69. The maximum Gasteiger partial charge on any atom is 0.0888 e. The van der Waals surface area contributed by atoms with E-state index in [0.29, 0.717) is 0 Å². The average Bonchev–Trinajstić information content (AvgIpc) is 2.97. The van der Waals surface area contributed by atoms with Crippen LogP contribution in [0, 0.1) is 13.8 Å². The number of nitrogens with zero attached hydrogens (tertiary/aromatic N) is 4. The first-order valence-corrected chi connectivity index (χ1v) is 15.4. The molecule has 4 aromatic heterocycles. The lowest BCUT2D eigenvalue weighted by Crippen LogP contribution is -1.92.